The fourth-order valence-corrected chi connectivity index (χ4v) is 6.32. The molecule has 0 saturated heterocycles. The third-order valence-electron chi connectivity index (χ3n) is 7.50. The van der Waals surface area contributed by atoms with Crippen LogP contribution < -0.4 is 0 Å². The molecule has 2 aliphatic rings. The van der Waals surface area contributed by atoms with Gasteiger partial charge in [0, 0.05) is 15.9 Å². The highest BCUT2D eigenvalue weighted by atomic mass is 35.5. The van der Waals surface area contributed by atoms with Crippen LogP contribution in [0.5, 0.6) is 0 Å². The Morgan fingerprint density at radius 1 is 0.484 bits per heavy atom. The van der Waals surface area contributed by atoms with E-state index in [1.165, 1.54) is 55.6 Å². The van der Waals surface area contributed by atoms with Crippen LogP contribution in [-0.4, -0.2) is 0 Å². The second-order valence-corrected chi connectivity index (χ2v) is 10.4. The molecule has 0 radical (unpaired) electrons. The van der Waals surface area contributed by atoms with Crippen molar-refractivity contribution in [2.75, 3.05) is 0 Å². The number of benzene rings is 4. The summed E-state index contributed by atoms with van der Waals surface area (Å²) in [5.41, 5.74) is 13.5. The van der Waals surface area contributed by atoms with Gasteiger partial charge in [-0.05, 0) is 67.8 Å². The highest BCUT2D eigenvalue weighted by Crippen LogP contribution is 2.56. The summed E-state index contributed by atoms with van der Waals surface area (Å²) >= 11 is 6.42. The summed E-state index contributed by atoms with van der Waals surface area (Å²) in [5, 5.41) is 0.804. The summed E-state index contributed by atoms with van der Waals surface area (Å²) in [4.78, 5) is 0. The van der Waals surface area contributed by atoms with E-state index in [2.05, 4.69) is 100 Å². The SMILES string of the molecule is CC1(C)c2ccccc2-c2cccc(-c3cccc4c3C(C)(C)c3cc(Cl)ccc3-4)c21. The normalized spacial score (nSPS) is 16.4. The molecule has 0 bridgehead atoms. The molecule has 0 fully saturated rings. The molecule has 0 N–H and O–H groups in total. The fourth-order valence-electron chi connectivity index (χ4n) is 6.15. The molecule has 0 nitrogen and oxygen atoms in total. The topological polar surface area (TPSA) is 0 Å². The van der Waals surface area contributed by atoms with Crippen molar-refractivity contribution in [1.82, 2.24) is 0 Å². The maximum atomic E-state index is 6.42. The zero-order valence-corrected chi connectivity index (χ0v) is 19.1. The summed E-state index contributed by atoms with van der Waals surface area (Å²) < 4.78 is 0. The van der Waals surface area contributed by atoms with Gasteiger partial charge in [0.05, 0.1) is 0 Å². The molecule has 0 heterocycles. The number of halogens is 1. The molecule has 4 aromatic carbocycles. The van der Waals surface area contributed by atoms with Gasteiger partial charge in [-0.25, -0.2) is 0 Å². The minimum atomic E-state index is -0.107. The Bertz CT molecular complexity index is 1390. The molecule has 1 heteroatoms. The summed E-state index contributed by atoms with van der Waals surface area (Å²) in [5.74, 6) is 0. The van der Waals surface area contributed by atoms with E-state index in [-0.39, 0.29) is 10.8 Å². The Morgan fingerprint density at radius 2 is 0.935 bits per heavy atom. The zero-order chi connectivity index (χ0) is 21.5. The van der Waals surface area contributed by atoms with Gasteiger partial charge in [0.15, 0.2) is 0 Å². The molecule has 0 atom stereocenters. The van der Waals surface area contributed by atoms with Crippen LogP contribution in [0.2, 0.25) is 5.02 Å². The van der Waals surface area contributed by atoms with Crippen molar-refractivity contribution in [2.45, 2.75) is 38.5 Å². The van der Waals surface area contributed by atoms with E-state index < -0.39 is 0 Å². The Kier molecular flexibility index (Phi) is 3.73. The lowest BCUT2D eigenvalue weighted by Crippen LogP contribution is -2.19. The Labute approximate surface area is 189 Å². The van der Waals surface area contributed by atoms with Crippen molar-refractivity contribution in [2.24, 2.45) is 0 Å². The van der Waals surface area contributed by atoms with Gasteiger partial charge in [0.25, 0.3) is 0 Å². The summed E-state index contributed by atoms with van der Waals surface area (Å²) in [6.07, 6.45) is 0. The molecule has 0 amide bonds. The predicted octanol–water partition coefficient (Wildman–Crippen LogP) is 8.62. The minimum absolute atomic E-state index is 0.0375. The van der Waals surface area contributed by atoms with E-state index in [0.29, 0.717) is 0 Å². The molecule has 0 aromatic heterocycles. The van der Waals surface area contributed by atoms with Crippen molar-refractivity contribution >= 4 is 11.6 Å². The number of fused-ring (bicyclic) bond motifs is 6. The molecule has 31 heavy (non-hydrogen) atoms. The summed E-state index contributed by atoms with van der Waals surface area (Å²) in [6.45, 7) is 9.40. The van der Waals surface area contributed by atoms with Crippen LogP contribution >= 0.6 is 11.6 Å². The Morgan fingerprint density at radius 3 is 1.55 bits per heavy atom. The average molecular weight is 421 g/mol. The first-order chi connectivity index (χ1) is 14.8. The van der Waals surface area contributed by atoms with E-state index in [9.17, 15) is 0 Å². The van der Waals surface area contributed by atoms with Gasteiger partial charge < -0.3 is 0 Å². The Hall–Kier alpha value is -2.83. The molecular weight excluding hydrogens is 396 g/mol. The Balaban J connectivity index is 1.67. The quantitative estimate of drug-likeness (QED) is 0.289. The second-order valence-electron chi connectivity index (χ2n) is 9.94. The zero-order valence-electron chi connectivity index (χ0n) is 18.4. The average Bonchev–Trinajstić information content (AvgIpc) is 3.14. The molecule has 0 aliphatic heterocycles. The lowest BCUT2D eigenvalue weighted by atomic mass is 9.74. The van der Waals surface area contributed by atoms with Crippen molar-refractivity contribution in [3.8, 4) is 33.4 Å². The van der Waals surface area contributed by atoms with E-state index in [4.69, 9.17) is 11.6 Å². The van der Waals surface area contributed by atoms with Crippen LogP contribution in [0.15, 0.2) is 78.9 Å². The van der Waals surface area contributed by atoms with Gasteiger partial charge in [-0.15, -0.1) is 0 Å². The summed E-state index contributed by atoms with van der Waals surface area (Å²) in [7, 11) is 0. The lowest BCUT2D eigenvalue weighted by Gasteiger charge is -2.28. The van der Waals surface area contributed by atoms with Crippen molar-refractivity contribution in [1.29, 1.82) is 0 Å². The molecular formula is C30H25Cl. The van der Waals surface area contributed by atoms with Crippen molar-refractivity contribution < 1.29 is 0 Å². The highest BCUT2D eigenvalue weighted by molar-refractivity contribution is 6.30. The number of rotatable bonds is 1. The van der Waals surface area contributed by atoms with Crippen LogP contribution in [-0.2, 0) is 10.8 Å². The molecule has 2 aliphatic carbocycles. The third-order valence-corrected chi connectivity index (χ3v) is 7.74. The van der Waals surface area contributed by atoms with Gasteiger partial charge in [-0.3, -0.25) is 0 Å². The maximum absolute atomic E-state index is 6.42. The van der Waals surface area contributed by atoms with Crippen LogP contribution in [0.3, 0.4) is 0 Å². The third kappa shape index (κ3) is 2.37. The predicted molar refractivity (Wildman–Crippen MR) is 132 cm³/mol. The largest absolute Gasteiger partial charge is 0.0843 e. The maximum Gasteiger partial charge on any atom is 0.0409 e. The molecule has 0 unspecified atom stereocenters. The van der Waals surface area contributed by atoms with Crippen LogP contribution in [0.25, 0.3) is 33.4 Å². The van der Waals surface area contributed by atoms with Crippen molar-refractivity contribution in [3.05, 3.63) is 106 Å². The van der Waals surface area contributed by atoms with E-state index in [1.54, 1.807) is 0 Å². The molecule has 0 saturated carbocycles. The smallest absolute Gasteiger partial charge is 0.0409 e. The van der Waals surface area contributed by atoms with E-state index in [1.807, 2.05) is 6.07 Å². The van der Waals surface area contributed by atoms with E-state index in [0.717, 1.165) is 5.02 Å². The molecule has 6 rings (SSSR count). The van der Waals surface area contributed by atoms with Crippen LogP contribution in [0, 0.1) is 0 Å². The highest BCUT2D eigenvalue weighted by Gasteiger charge is 2.41. The molecule has 0 spiro atoms. The van der Waals surface area contributed by atoms with Crippen LogP contribution in [0.1, 0.15) is 49.9 Å². The molecule has 152 valence electrons. The standard InChI is InChI=1S/C30H25Cl/c1-29(2)25-14-6-5-9-19(25)21-10-7-12-23(27(21)29)24-13-8-11-22-20-16-15-18(31)17-26(20)30(3,4)28(22)24/h5-17H,1-4H3. The first kappa shape index (κ1) is 18.9. The molecule has 4 aromatic rings. The minimum Gasteiger partial charge on any atom is -0.0843 e. The van der Waals surface area contributed by atoms with E-state index >= 15 is 0 Å². The lowest BCUT2D eigenvalue weighted by molar-refractivity contribution is 0.654. The monoisotopic (exact) mass is 420 g/mol. The summed E-state index contributed by atoms with van der Waals surface area (Å²) in [6, 6.07) is 28.8. The number of hydrogen-bond donors (Lipinski definition) is 0. The number of hydrogen-bond acceptors (Lipinski definition) is 0. The van der Waals surface area contributed by atoms with Gasteiger partial charge in [-0.2, -0.15) is 0 Å². The van der Waals surface area contributed by atoms with Crippen LogP contribution in [0.4, 0.5) is 0 Å². The van der Waals surface area contributed by atoms with Gasteiger partial charge >= 0.3 is 0 Å². The van der Waals surface area contributed by atoms with Crippen molar-refractivity contribution in [3.63, 3.8) is 0 Å². The first-order valence-electron chi connectivity index (χ1n) is 11.0. The second kappa shape index (κ2) is 6.11. The van der Waals surface area contributed by atoms with Gasteiger partial charge in [0.1, 0.15) is 0 Å². The van der Waals surface area contributed by atoms with Gasteiger partial charge in [0.2, 0.25) is 0 Å². The van der Waals surface area contributed by atoms with Gasteiger partial charge in [-0.1, -0.05) is 106 Å². The first-order valence-corrected chi connectivity index (χ1v) is 11.4. The fraction of sp³-hybridized carbons (Fsp3) is 0.200.